The Labute approximate surface area is 211 Å². The zero-order valence-corrected chi connectivity index (χ0v) is 20.5. The topological polar surface area (TPSA) is 130 Å². The summed E-state index contributed by atoms with van der Waals surface area (Å²) in [7, 11) is -2.44. The lowest BCUT2D eigenvalue weighted by atomic mass is 9.90. The predicted octanol–water partition coefficient (Wildman–Crippen LogP) is 3.30. The zero-order valence-electron chi connectivity index (χ0n) is 18.9. The first kappa shape index (κ1) is 23.7. The number of carbonyl (C=O) groups is 2. The first-order chi connectivity index (χ1) is 17.1. The summed E-state index contributed by atoms with van der Waals surface area (Å²) in [5.41, 5.74) is 7.43. The number of aromatic nitrogens is 1. The molecular weight excluding hydrogens is 506 g/mol. The number of hydrogen-bond acceptors (Lipinski definition) is 6. The largest absolute Gasteiger partial charge is 0.454 e. The molecule has 1 aliphatic heterocycles. The van der Waals surface area contributed by atoms with E-state index in [1.54, 1.807) is 54.2 Å². The average molecular weight is 526 g/mol. The van der Waals surface area contributed by atoms with Gasteiger partial charge in [-0.1, -0.05) is 23.7 Å². The molecule has 9 nitrogen and oxygen atoms in total. The first-order valence-corrected chi connectivity index (χ1v) is 12.6. The van der Waals surface area contributed by atoms with Crippen LogP contribution in [0.4, 0.5) is 0 Å². The number of nitrogens with one attached hydrogen (secondary N) is 1. The van der Waals surface area contributed by atoms with E-state index in [0.29, 0.717) is 44.1 Å². The highest BCUT2D eigenvalue weighted by Crippen LogP contribution is 2.39. The fourth-order valence-electron chi connectivity index (χ4n) is 4.23. The van der Waals surface area contributed by atoms with Crippen LogP contribution in [0.15, 0.2) is 71.8 Å². The molecule has 0 spiro atoms. The lowest BCUT2D eigenvalue weighted by molar-refractivity contribution is -0.119. The molecule has 4 aromatic rings. The van der Waals surface area contributed by atoms with Gasteiger partial charge in [0.15, 0.2) is 11.5 Å². The van der Waals surface area contributed by atoms with Crippen LogP contribution < -0.4 is 19.9 Å². The van der Waals surface area contributed by atoms with Gasteiger partial charge in [0, 0.05) is 34.7 Å². The summed E-state index contributed by atoms with van der Waals surface area (Å²) in [5.74, 6) is -1.42. The third-order valence-corrected chi connectivity index (χ3v) is 7.58. The molecule has 0 radical (unpaired) electrons. The molecule has 184 valence electrons. The highest BCUT2D eigenvalue weighted by Gasteiger charge is 2.31. The van der Waals surface area contributed by atoms with Crippen LogP contribution in [0, 0.1) is 0 Å². The second-order valence-corrected chi connectivity index (χ2v) is 10.4. The minimum absolute atomic E-state index is 0.0464. The summed E-state index contributed by atoms with van der Waals surface area (Å²) < 4.78 is 40.8. The average Bonchev–Trinajstić information content (AvgIpc) is 3.43. The molecule has 5 rings (SSSR count). The van der Waals surface area contributed by atoms with Crippen molar-refractivity contribution in [2.45, 2.75) is 10.8 Å². The molecule has 36 heavy (non-hydrogen) atoms. The molecule has 0 saturated carbocycles. The molecule has 0 saturated heterocycles. The van der Waals surface area contributed by atoms with Gasteiger partial charge in [0.25, 0.3) is 10.0 Å². The highest BCUT2D eigenvalue weighted by atomic mass is 35.5. The molecule has 3 N–H and O–H groups in total. The Kier molecular flexibility index (Phi) is 5.85. The molecular formula is C25H20ClN3O6S. The number of hydrogen-bond donors (Lipinski definition) is 2. The van der Waals surface area contributed by atoms with Crippen molar-refractivity contribution in [3.63, 3.8) is 0 Å². The lowest BCUT2D eigenvalue weighted by Crippen LogP contribution is -2.35. The van der Waals surface area contributed by atoms with E-state index in [9.17, 15) is 18.0 Å². The number of nitrogens with two attached hydrogens (primary N) is 1. The number of fused-ring (bicyclic) bond motifs is 2. The maximum atomic E-state index is 13.7. The van der Waals surface area contributed by atoms with Gasteiger partial charge < -0.3 is 19.8 Å². The molecule has 1 unspecified atom stereocenters. The van der Waals surface area contributed by atoms with E-state index in [4.69, 9.17) is 26.8 Å². The van der Waals surface area contributed by atoms with Crippen molar-refractivity contribution in [3.05, 3.63) is 88.6 Å². The van der Waals surface area contributed by atoms with Crippen molar-refractivity contribution < 1.29 is 27.5 Å². The Morgan fingerprint density at radius 3 is 2.47 bits per heavy atom. The van der Waals surface area contributed by atoms with Crippen molar-refractivity contribution in [2.24, 2.45) is 12.8 Å². The molecule has 0 bridgehead atoms. The number of carbonyl (C=O) groups excluding carboxylic acids is 2. The van der Waals surface area contributed by atoms with Crippen LogP contribution in [0.25, 0.3) is 10.9 Å². The predicted molar refractivity (Wildman–Crippen MR) is 133 cm³/mol. The SMILES string of the molecule is Cn1cc(C(C(=O)NS(=O)(=O)c2ccc(Cl)cc2)c2ccc3c(c2)OCO3)c2ccc(C(N)=O)cc21. The normalized spacial score (nSPS) is 13.5. The van der Waals surface area contributed by atoms with Gasteiger partial charge >= 0.3 is 0 Å². The van der Waals surface area contributed by atoms with E-state index in [1.807, 2.05) is 0 Å². The quantitative estimate of drug-likeness (QED) is 0.397. The fraction of sp³-hybridized carbons (Fsp3) is 0.120. The van der Waals surface area contributed by atoms with Crippen LogP contribution in [0.3, 0.4) is 0 Å². The number of primary amides is 1. The Bertz CT molecular complexity index is 1630. The summed E-state index contributed by atoms with van der Waals surface area (Å²) in [5, 5.41) is 1.02. The number of ether oxygens (including phenoxy) is 2. The van der Waals surface area contributed by atoms with Gasteiger partial charge in [0.2, 0.25) is 18.6 Å². The number of amides is 2. The maximum absolute atomic E-state index is 13.7. The molecule has 1 atom stereocenters. The minimum Gasteiger partial charge on any atom is -0.454 e. The summed E-state index contributed by atoms with van der Waals surface area (Å²) >= 11 is 5.88. The van der Waals surface area contributed by atoms with Gasteiger partial charge in [-0.3, -0.25) is 9.59 Å². The third-order valence-electron chi connectivity index (χ3n) is 5.97. The van der Waals surface area contributed by atoms with Crippen molar-refractivity contribution in [3.8, 4) is 11.5 Å². The van der Waals surface area contributed by atoms with E-state index < -0.39 is 27.8 Å². The Morgan fingerprint density at radius 1 is 1.03 bits per heavy atom. The number of rotatable bonds is 6. The smallest absolute Gasteiger partial charge is 0.264 e. The zero-order chi connectivity index (χ0) is 25.6. The van der Waals surface area contributed by atoms with Gasteiger partial charge in [-0.25, -0.2) is 13.1 Å². The van der Waals surface area contributed by atoms with Crippen molar-refractivity contribution >= 4 is 44.3 Å². The van der Waals surface area contributed by atoms with E-state index in [1.165, 1.54) is 24.3 Å². The van der Waals surface area contributed by atoms with Crippen LogP contribution in [-0.2, 0) is 21.9 Å². The van der Waals surface area contributed by atoms with Crippen molar-refractivity contribution in [2.75, 3.05) is 6.79 Å². The molecule has 1 aliphatic rings. The van der Waals surface area contributed by atoms with Gasteiger partial charge in [-0.05, 0) is 59.7 Å². The lowest BCUT2D eigenvalue weighted by Gasteiger charge is -2.18. The number of aryl methyl sites for hydroxylation is 1. The number of halogens is 1. The highest BCUT2D eigenvalue weighted by molar-refractivity contribution is 7.90. The molecule has 2 heterocycles. The van der Waals surface area contributed by atoms with Gasteiger partial charge in [-0.15, -0.1) is 0 Å². The molecule has 0 aliphatic carbocycles. The van der Waals surface area contributed by atoms with E-state index in [0.717, 1.165) is 0 Å². The monoisotopic (exact) mass is 525 g/mol. The second-order valence-electron chi connectivity index (χ2n) is 8.26. The van der Waals surface area contributed by atoms with Crippen molar-refractivity contribution in [1.82, 2.24) is 9.29 Å². The number of benzene rings is 3. The van der Waals surface area contributed by atoms with E-state index in [-0.39, 0.29) is 11.7 Å². The van der Waals surface area contributed by atoms with Gasteiger partial charge in [-0.2, -0.15) is 0 Å². The Morgan fingerprint density at radius 2 is 1.75 bits per heavy atom. The molecule has 11 heteroatoms. The van der Waals surface area contributed by atoms with E-state index >= 15 is 0 Å². The van der Waals surface area contributed by atoms with Crippen molar-refractivity contribution in [1.29, 1.82) is 0 Å². The van der Waals surface area contributed by atoms with E-state index in [2.05, 4.69) is 4.72 Å². The number of sulfonamides is 1. The molecule has 0 fully saturated rings. The fourth-order valence-corrected chi connectivity index (χ4v) is 5.35. The summed E-state index contributed by atoms with van der Waals surface area (Å²) in [6, 6.07) is 15.4. The Hall–Kier alpha value is -4.02. The first-order valence-electron chi connectivity index (χ1n) is 10.7. The van der Waals surface area contributed by atoms with Crippen LogP contribution in [0.1, 0.15) is 27.4 Å². The maximum Gasteiger partial charge on any atom is 0.264 e. The summed E-state index contributed by atoms with van der Waals surface area (Å²) in [6.07, 6.45) is 1.72. The van der Waals surface area contributed by atoms with Crippen LogP contribution in [-0.4, -0.2) is 31.6 Å². The molecule has 3 aromatic carbocycles. The van der Waals surface area contributed by atoms with Crippen LogP contribution in [0.5, 0.6) is 11.5 Å². The summed E-state index contributed by atoms with van der Waals surface area (Å²) in [6.45, 7) is 0.0464. The molecule has 1 aromatic heterocycles. The molecule has 2 amide bonds. The van der Waals surface area contributed by atoms with Crippen LogP contribution in [0.2, 0.25) is 5.02 Å². The van der Waals surface area contributed by atoms with Crippen LogP contribution >= 0.6 is 11.6 Å². The van der Waals surface area contributed by atoms with Gasteiger partial charge in [0.1, 0.15) is 0 Å². The summed E-state index contributed by atoms with van der Waals surface area (Å²) in [4.78, 5) is 25.2. The Balaban J connectivity index is 1.62. The van der Waals surface area contributed by atoms with Gasteiger partial charge in [0.05, 0.1) is 10.8 Å². The number of nitrogens with zero attached hydrogens (tertiary/aromatic N) is 1. The standard InChI is InChI=1S/C25H20ClN3O6S/c1-29-12-19(18-8-2-15(24(27)30)10-20(18)29)23(14-3-9-21-22(11-14)35-13-34-21)25(31)28-36(32,33)17-6-4-16(26)5-7-17/h2-12,23H,13H2,1H3,(H2,27,30)(H,28,31). The third kappa shape index (κ3) is 4.25. The minimum atomic E-state index is -4.20. The second kappa shape index (κ2) is 8.89.